The number of rotatable bonds is 4. The summed E-state index contributed by atoms with van der Waals surface area (Å²) < 4.78 is 0. The Balaban J connectivity index is 1.40. The molecule has 1 fully saturated rings. The molecule has 3 heterocycles. The maximum atomic E-state index is 13.2. The van der Waals surface area contributed by atoms with Gasteiger partial charge in [0.25, 0.3) is 5.91 Å². The normalized spacial score (nSPS) is 16.7. The molecule has 1 saturated heterocycles. The number of hydrogen-bond acceptors (Lipinski definition) is 4. The predicted octanol–water partition coefficient (Wildman–Crippen LogP) is 5.03. The van der Waals surface area contributed by atoms with Gasteiger partial charge in [-0.2, -0.15) is 5.10 Å². The number of carbonyl (C=O) groups is 2. The molecule has 1 aliphatic rings. The number of amides is 1. The third-order valence-electron chi connectivity index (χ3n) is 5.78. The standard InChI is InChI=1S/C24H21N3O2S/c28-23(22-7-3-11-30-22)18-5-2-10-27(15-18)24(29)17-8-9-21-16(12-17)4-1-6-20(21)19-13-25-26-14-19/h1,3-4,6-9,11-14,18H,2,5,10,15H2,(H,25,26). The lowest BCUT2D eigenvalue weighted by Gasteiger charge is -2.32. The van der Waals surface area contributed by atoms with Gasteiger partial charge in [-0.05, 0) is 52.8 Å². The van der Waals surface area contributed by atoms with Gasteiger partial charge in [0.05, 0.1) is 11.1 Å². The van der Waals surface area contributed by atoms with Crippen LogP contribution in [-0.2, 0) is 0 Å². The van der Waals surface area contributed by atoms with E-state index >= 15 is 0 Å². The van der Waals surface area contributed by atoms with Gasteiger partial charge in [0, 0.05) is 36.3 Å². The van der Waals surface area contributed by atoms with Gasteiger partial charge < -0.3 is 4.90 Å². The molecule has 2 aromatic carbocycles. The molecule has 1 unspecified atom stereocenters. The molecule has 1 N–H and O–H groups in total. The van der Waals surface area contributed by atoms with Crippen molar-refractivity contribution < 1.29 is 9.59 Å². The van der Waals surface area contributed by atoms with Crippen LogP contribution in [0.25, 0.3) is 21.9 Å². The fourth-order valence-corrected chi connectivity index (χ4v) is 4.99. The van der Waals surface area contributed by atoms with E-state index in [0.29, 0.717) is 18.7 Å². The van der Waals surface area contributed by atoms with Gasteiger partial charge >= 0.3 is 0 Å². The van der Waals surface area contributed by atoms with Crippen molar-refractivity contribution in [1.29, 1.82) is 0 Å². The number of benzene rings is 2. The molecule has 0 bridgehead atoms. The van der Waals surface area contributed by atoms with Gasteiger partial charge in [-0.25, -0.2) is 0 Å². The Hall–Kier alpha value is -3.25. The molecule has 150 valence electrons. The van der Waals surface area contributed by atoms with Crippen LogP contribution in [0.4, 0.5) is 0 Å². The second-order valence-electron chi connectivity index (χ2n) is 7.66. The van der Waals surface area contributed by atoms with Crippen LogP contribution in [0, 0.1) is 5.92 Å². The van der Waals surface area contributed by atoms with Gasteiger partial charge in [0.15, 0.2) is 5.78 Å². The van der Waals surface area contributed by atoms with Crippen LogP contribution in [-0.4, -0.2) is 39.9 Å². The highest BCUT2D eigenvalue weighted by atomic mass is 32.1. The molecule has 0 saturated carbocycles. The molecule has 6 heteroatoms. The minimum atomic E-state index is -0.116. The highest BCUT2D eigenvalue weighted by Gasteiger charge is 2.30. The number of likely N-dealkylation sites (tertiary alicyclic amines) is 1. The van der Waals surface area contributed by atoms with Crippen molar-refractivity contribution >= 4 is 33.8 Å². The van der Waals surface area contributed by atoms with Crippen LogP contribution in [0.2, 0.25) is 0 Å². The molecule has 5 rings (SSSR count). The fourth-order valence-electron chi connectivity index (χ4n) is 4.24. The summed E-state index contributed by atoms with van der Waals surface area (Å²) in [5.74, 6) is 0.0366. The number of hydrogen-bond donors (Lipinski definition) is 1. The maximum absolute atomic E-state index is 13.2. The Morgan fingerprint density at radius 2 is 2.07 bits per heavy atom. The van der Waals surface area contributed by atoms with E-state index < -0.39 is 0 Å². The molecule has 0 radical (unpaired) electrons. The molecule has 4 aromatic rings. The van der Waals surface area contributed by atoms with Crippen molar-refractivity contribution in [1.82, 2.24) is 15.1 Å². The summed E-state index contributed by atoms with van der Waals surface area (Å²) >= 11 is 1.47. The molecule has 1 amide bonds. The summed E-state index contributed by atoms with van der Waals surface area (Å²) in [7, 11) is 0. The first-order chi connectivity index (χ1) is 14.7. The smallest absolute Gasteiger partial charge is 0.253 e. The number of thiophene rings is 1. The van der Waals surface area contributed by atoms with Crippen molar-refractivity contribution in [2.45, 2.75) is 12.8 Å². The fraction of sp³-hybridized carbons (Fsp3) is 0.208. The molecule has 5 nitrogen and oxygen atoms in total. The Labute approximate surface area is 178 Å². The van der Waals surface area contributed by atoms with E-state index in [2.05, 4.69) is 16.3 Å². The summed E-state index contributed by atoms with van der Waals surface area (Å²) in [6.07, 6.45) is 5.36. The topological polar surface area (TPSA) is 66.1 Å². The Morgan fingerprint density at radius 1 is 1.13 bits per heavy atom. The lowest BCUT2D eigenvalue weighted by Crippen LogP contribution is -2.42. The molecular formula is C24H21N3O2S. The van der Waals surface area contributed by atoms with Gasteiger partial charge in [-0.3, -0.25) is 14.7 Å². The van der Waals surface area contributed by atoms with Crippen LogP contribution < -0.4 is 0 Å². The first-order valence-corrected chi connectivity index (χ1v) is 11.0. The highest BCUT2D eigenvalue weighted by molar-refractivity contribution is 7.12. The second kappa shape index (κ2) is 7.88. The van der Waals surface area contributed by atoms with E-state index in [1.54, 1.807) is 6.20 Å². The number of nitrogens with one attached hydrogen (secondary N) is 1. The van der Waals surface area contributed by atoms with E-state index in [-0.39, 0.29) is 17.6 Å². The van der Waals surface area contributed by atoms with Gasteiger partial charge in [-0.15, -0.1) is 11.3 Å². The SMILES string of the molecule is O=C(c1cccs1)C1CCCN(C(=O)c2ccc3c(-c4cn[nH]c4)cccc3c2)C1. The van der Waals surface area contributed by atoms with Gasteiger partial charge in [0.2, 0.25) is 0 Å². The van der Waals surface area contributed by atoms with Crippen molar-refractivity contribution in [2.75, 3.05) is 13.1 Å². The summed E-state index contributed by atoms with van der Waals surface area (Å²) in [5.41, 5.74) is 2.77. The van der Waals surface area contributed by atoms with E-state index in [9.17, 15) is 9.59 Å². The molecule has 1 aliphatic heterocycles. The largest absolute Gasteiger partial charge is 0.338 e. The van der Waals surface area contributed by atoms with E-state index in [4.69, 9.17) is 0 Å². The van der Waals surface area contributed by atoms with Gasteiger partial charge in [0.1, 0.15) is 0 Å². The zero-order valence-corrected chi connectivity index (χ0v) is 17.2. The second-order valence-corrected chi connectivity index (χ2v) is 8.61. The van der Waals surface area contributed by atoms with Crippen molar-refractivity contribution in [3.8, 4) is 11.1 Å². The molecule has 1 atom stereocenters. The number of carbonyl (C=O) groups excluding carboxylic acids is 2. The molecule has 2 aromatic heterocycles. The summed E-state index contributed by atoms with van der Waals surface area (Å²) in [5, 5.41) is 10.9. The molecule has 30 heavy (non-hydrogen) atoms. The van der Waals surface area contributed by atoms with Gasteiger partial charge in [-0.1, -0.05) is 30.3 Å². The first-order valence-electron chi connectivity index (χ1n) is 10.1. The number of piperidine rings is 1. The quantitative estimate of drug-likeness (QED) is 0.476. The van der Waals surface area contributed by atoms with E-state index in [1.165, 1.54) is 11.3 Å². The monoisotopic (exact) mass is 415 g/mol. The van der Waals surface area contributed by atoms with Crippen molar-refractivity contribution in [3.63, 3.8) is 0 Å². The summed E-state index contributed by atoms with van der Waals surface area (Å²) in [4.78, 5) is 28.6. The van der Waals surface area contributed by atoms with Crippen molar-refractivity contribution in [3.05, 3.63) is 76.7 Å². The minimum absolute atomic E-state index is 0.00528. The third kappa shape index (κ3) is 3.44. The van der Waals surface area contributed by atoms with Crippen LogP contribution in [0.3, 0.4) is 0 Å². The molecule has 0 aliphatic carbocycles. The molecular weight excluding hydrogens is 394 g/mol. The molecule has 0 spiro atoms. The Morgan fingerprint density at radius 3 is 2.87 bits per heavy atom. The van der Waals surface area contributed by atoms with Crippen molar-refractivity contribution in [2.24, 2.45) is 5.92 Å². The zero-order chi connectivity index (χ0) is 20.5. The minimum Gasteiger partial charge on any atom is -0.338 e. The summed E-state index contributed by atoms with van der Waals surface area (Å²) in [6, 6.07) is 15.7. The van der Waals surface area contributed by atoms with Crippen LogP contribution in [0.15, 0.2) is 66.3 Å². The highest BCUT2D eigenvalue weighted by Crippen LogP contribution is 2.30. The lowest BCUT2D eigenvalue weighted by molar-refractivity contribution is 0.0638. The van der Waals surface area contributed by atoms with Crippen LogP contribution in [0.1, 0.15) is 32.9 Å². The number of aromatic amines is 1. The first kappa shape index (κ1) is 18.8. The lowest BCUT2D eigenvalue weighted by atomic mass is 9.92. The van der Waals surface area contributed by atoms with Crippen LogP contribution in [0.5, 0.6) is 0 Å². The van der Waals surface area contributed by atoms with E-state index in [0.717, 1.165) is 39.6 Å². The third-order valence-corrected chi connectivity index (χ3v) is 6.66. The number of H-pyrrole nitrogens is 1. The predicted molar refractivity (Wildman–Crippen MR) is 119 cm³/mol. The number of aromatic nitrogens is 2. The summed E-state index contributed by atoms with van der Waals surface area (Å²) in [6.45, 7) is 1.18. The number of ketones is 1. The van der Waals surface area contributed by atoms with Crippen LogP contribution >= 0.6 is 11.3 Å². The average molecular weight is 416 g/mol. The maximum Gasteiger partial charge on any atom is 0.253 e. The average Bonchev–Trinajstić information content (AvgIpc) is 3.52. The Kier molecular flexibility index (Phi) is 4.93. The number of nitrogens with zero attached hydrogens (tertiary/aromatic N) is 2. The number of fused-ring (bicyclic) bond motifs is 1. The Bertz CT molecular complexity index is 1200. The number of Topliss-reactive ketones (excluding diaryl/α,β-unsaturated/α-hetero) is 1. The zero-order valence-electron chi connectivity index (χ0n) is 16.4. The van der Waals surface area contributed by atoms with E-state index in [1.807, 2.05) is 58.9 Å².